The zero-order chi connectivity index (χ0) is 31.7. The third-order valence-electron chi connectivity index (χ3n) is 5.92. The molecule has 3 aromatic rings. The van der Waals surface area contributed by atoms with Gasteiger partial charge in [0, 0.05) is 24.2 Å². The number of amides is 2. The number of anilines is 2. The summed E-state index contributed by atoms with van der Waals surface area (Å²) in [5, 5.41) is 26.3. The predicted molar refractivity (Wildman–Crippen MR) is 157 cm³/mol. The lowest BCUT2D eigenvalue weighted by atomic mass is 10.1. The molecule has 0 aliphatic carbocycles. The number of nitrogens with zero attached hydrogens (tertiary/aromatic N) is 3. The summed E-state index contributed by atoms with van der Waals surface area (Å²) in [6.45, 7) is 2.38. The van der Waals surface area contributed by atoms with Crippen LogP contribution in [0.15, 0.2) is 35.3 Å². The predicted octanol–water partition coefficient (Wildman–Crippen LogP) is -0.971. The van der Waals surface area contributed by atoms with Gasteiger partial charge in [-0.15, -0.1) is 0 Å². The van der Waals surface area contributed by atoms with Crippen LogP contribution in [-0.2, 0) is 30.3 Å². The Kier molecular flexibility index (Phi) is 13.9. The van der Waals surface area contributed by atoms with Crippen molar-refractivity contribution in [2.24, 2.45) is 0 Å². The third kappa shape index (κ3) is 11.5. The Morgan fingerprint density at radius 1 is 0.977 bits per heavy atom. The number of carboxylic acid groups (broad SMARTS) is 1. The molecule has 0 aliphatic rings. The normalized spacial score (nSPS) is 11.7. The number of H-pyrrole nitrogens is 1. The topological polar surface area (TPSA) is 253 Å². The maximum atomic E-state index is 12.7. The van der Waals surface area contributed by atoms with Crippen molar-refractivity contribution in [3.05, 3.63) is 52.1 Å². The number of aliphatic hydroxyl groups excluding tert-OH is 1. The summed E-state index contributed by atoms with van der Waals surface area (Å²) in [7, 11) is 0. The lowest BCUT2D eigenvalue weighted by Gasteiger charge is -2.15. The van der Waals surface area contributed by atoms with Crippen LogP contribution in [-0.4, -0.2) is 107 Å². The number of hydrogen-bond donors (Lipinski definition) is 7. The van der Waals surface area contributed by atoms with Crippen molar-refractivity contribution in [2.45, 2.75) is 25.4 Å². The molecule has 0 spiro atoms. The highest BCUT2D eigenvalue weighted by molar-refractivity contribution is 5.97. The molecular formula is C27H36N8O9. The summed E-state index contributed by atoms with van der Waals surface area (Å²) < 4.78 is 15.7. The zero-order valence-corrected chi connectivity index (χ0v) is 23.9. The molecule has 17 heteroatoms. The summed E-state index contributed by atoms with van der Waals surface area (Å²) in [6.07, 6.45) is 1.25. The fourth-order valence-corrected chi connectivity index (χ4v) is 3.72. The Morgan fingerprint density at radius 3 is 2.34 bits per heavy atom. The highest BCUT2D eigenvalue weighted by Gasteiger charge is 2.21. The van der Waals surface area contributed by atoms with Gasteiger partial charge in [-0.25, -0.2) is 14.8 Å². The van der Waals surface area contributed by atoms with E-state index < -0.39 is 23.5 Å². The monoisotopic (exact) mass is 616 g/mol. The van der Waals surface area contributed by atoms with Gasteiger partial charge in [0.2, 0.25) is 11.9 Å². The van der Waals surface area contributed by atoms with Gasteiger partial charge in [-0.05, 0) is 30.7 Å². The molecule has 44 heavy (non-hydrogen) atoms. The molecular weight excluding hydrogens is 580 g/mol. The van der Waals surface area contributed by atoms with Crippen molar-refractivity contribution in [2.75, 3.05) is 63.8 Å². The van der Waals surface area contributed by atoms with Crippen LogP contribution in [0.1, 0.15) is 28.9 Å². The summed E-state index contributed by atoms with van der Waals surface area (Å²) in [4.78, 5) is 63.1. The van der Waals surface area contributed by atoms with E-state index in [1.165, 1.54) is 18.3 Å². The molecule has 2 aromatic heterocycles. The lowest BCUT2D eigenvalue weighted by Crippen LogP contribution is -2.41. The minimum Gasteiger partial charge on any atom is -0.480 e. The highest BCUT2D eigenvalue weighted by atomic mass is 16.5. The fourth-order valence-electron chi connectivity index (χ4n) is 3.72. The number of ether oxygens (including phenoxy) is 3. The molecule has 0 saturated heterocycles. The summed E-state index contributed by atoms with van der Waals surface area (Å²) in [5.41, 5.74) is 6.54. The summed E-state index contributed by atoms with van der Waals surface area (Å²) in [5.74, 6) is -2.29. The molecule has 2 heterocycles. The van der Waals surface area contributed by atoms with E-state index in [2.05, 4.69) is 35.9 Å². The summed E-state index contributed by atoms with van der Waals surface area (Å²) in [6, 6.07) is 5.03. The molecule has 1 unspecified atom stereocenters. The summed E-state index contributed by atoms with van der Waals surface area (Å²) >= 11 is 0. The minimum atomic E-state index is -1.26. The number of benzene rings is 1. The van der Waals surface area contributed by atoms with E-state index in [-0.39, 0.29) is 74.3 Å². The van der Waals surface area contributed by atoms with Crippen LogP contribution in [0.2, 0.25) is 0 Å². The van der Waals surface area contributed by atoms with Crippen LogP contribution in [0.5, 0.6) is 0 Å². The van der Waals surface area contributed by atoms with Gasteiger partial charge in [0.15, 0.2) is 11.2 Å². The van der Waals surface area contributed by atoms with Crippen LogP contribution in [0.25, 0.3) is 11.2 Å². The standard InChI is InChI=1S/C27H36N8O9/c28-27-34-23-22(25(39)35-27)32-19(16-31-23)15-30-18-3-1-17(2-4-18)24(38)33-20(26(40)41)5-6-21(37)29-7-9-42-11-13-44-14-12-43-10-8-36/h1-4,16,20,30,36H,5-15H2,(H,29,37)(H,33,38)(H,40,41)(H3,28,31,34,35,39). The SMILES string of the molecule is Nc1nc2ncc(CNc3ccc(C(=O)NC(CCC(=O)NCCOCCOCCOCCO)C(=O)O)cc3)nc2c(=O)[nH]1. The average Bonchev–Trinajstić information content (AvgIpc) is 3.01. The lowest BCUT2D eigenvalue weighted by molar-refractivity contribution is -0.139. The van der Waals surface area contributed by atoms with Gasteiger partial charge in [-0.2, -0.15) is 4.98 Å². The number of aromatic amines is 1. The number of aromatic nitrogens is 4. The number of nitrogens with one attached hydrogen (secondary N) is 4. The van der Waals surface area contributed by atoms with Crippen molar-refractivity contribution >= 4 is 40.6 Å². The Labute approximate surface area is 251 Å². The Morgan fingerprint density at radius 2 is 1.66 bits per heavy atom. The maximum absolute atomic E-state index is 12.7. The van der Waals surface area contributed by atoms with E-state index in [0.717, 1.165) is 0 Å². The fraction of sp³-hybridized carbons (Fsp3) is 0.444. The molecule has 2 amide bonds. The molecule has 238 valence electrons. The van der Waals surface area contributed by atoms with E-state index in [1.807, 2.05) is 0 Å². The van der Waals surface area contributed by atoms with Crippen LogP contribution >= 0.6 is 0 Å². The first-order valence-corrected chi connectivity index (χ1v) is 13.8. The second kappa shape index (κ2) is 18.1. The molecule has 0 saturated carbocycles. The zero-order valence-electron chi connectivity index (χ0n) is 23.9. The molecule has 17 nitrogen and oxygen atoms in total. The first-order valence-electron chi connectivity index (χ1n) is 13.8. The minimum absolute atomic E-state index is 0.0392. The maximum Gasteiger partial charge on any atom is 0.326 e. The second-order valence-corrected chi connectivity index (χ2v) is 9.23. The molecule has 1 aromatic carbocycles. The molecule has 0 aliphatic heterocycles. The van der Waals surface area contributed by atoms with Crippen molar-refractivity contribution in [1.29, 1.82) is 0 Å². The number of aliphatic hydroxyl groups is 1. The second-order valence-electron chi connectivity index (χ2n) is 9.23. The van der Waals surface area contributed by atoms with E-state index in [1.54, 1.807) is 12.1 Å². The first kappa shape index (κ1) is 33.8. The van der Waals surface area contributed by atoms with Crippen LogP contribution < -0.4 is 27.2 Å². The van der Waals surface area contributed by atoms with E-state index >= 15 is 0 Å². The molecule has 3 rings (SSSR count). The van der Waals surface area contributed by atoms with Gasteiger partial charge in [0.1, 0.15) is 6.04 Å². The molecule has 0 radical (unpaired) electrons. The number of carbonyl (C=O) groups excluding carboxylic acids is 2. The number of aliphatic carboxylic acids is 1. The molecule has 1 atom stereocenters. The molecule has 0 bridgehead atoms. The van der Waals surface area contributed by atoms with Crippen LogP contribution in [0, 0.1) is 0 Å². The van der Waals surface area contributed by atoms with E-state index in [0.29, 0.717) is 37.8 Å². The van der Waals surface area contributed by atoms with Gasteiger partial charge in [0.05, 0.1) is 64.7 Å². The number of nitrogens with two attached hydrogens (primary N) is 1. The van der Waals surface area contributed by atoms with Crippen molar-refractivity contribution in [1.82, 2.24) is 30.6 Å². The van der Waals surface area contributed by atoms with Crippen LogP contribution in [0.4, 0.5) is 11.6 Å². The highest BCUT2D eigenvalue weighted by Crippen LogP contribution is 2.12. The Balaban J connectivity index is 1.36. The Hall–Kier alpha value is -4.71. The third-order valence-corrected chi connectivity index (χ3v) is 5.92. The van der Waals surface area contributed by atoms with Crippen molar-refractivity contribution < 1.29 is 38.8 Å². The van der Waals surface area contributed by atoms with Gasteiger partial charge < -0.3 is 46.1 Å². The van der Waals surface area contributed by atoms with Crippen molar-refractivity contribution in [3.63, 3.8) is 0 Å². The number of hydrogen-bond acceptors (Lipinski definition) is 13. The van der Waals surface area contributed by atoms with Crippen LogP contribution in [0.3, 0.4) is 0 Å². The Bertz CT molecular complexity index is 1440. The average molecular weight is 617 g/mol. The number of nitrogen functional groups attached to an aromatic ring is 1. The number of fused-ring (bicyclic) bond motifs is 1. The number of rotatable bonds is 20. The largest absolute Gasteiger partial charge is 0.480 e. The first-order chi connectivity index (χ1) is 21.3. The van der Waals surface area contributed by atoms with Gasteiger partial charge >= 0.3 is 5.97 Å². The molecule has 0 fully saturated rings. The van der Waals surface area contributed by atoms with E-state index in [9.17, 15) is 24.3 Å². The number of carboxylic acids is 1. The van der Waals surface area contributed by atoms with Gasteiger partial charge in [-0.3, -0.25) is 19.4 Å². The van der Waals surface area contributed by atoms with Gasteiger partial charge in [-0.1, -0.05) is 0 Å². The molecule has 8 N–H and O–H groups in total. The smallest absolute Gasteiger partial charge is 0.326 e. The number of carbonyl (C=O) groups is 3. The van der Waals surface area contributed by atoms with E-state index in [4.69, 9.17) is 25.1 Å². The van der Waals surface area contributed by atoms with Crippen molar-refractivity contribution in [3.8, 4) is 0 Å². The van der Waals surface area contributed by atoms with Gasteiger partial charge in [0.25, 0.3) is 11.5 Å². The quantitative estimate of drug-likeness (QED) is 0.0754.